The highest BCUT2D eigenvalue weighted by molar-refractivity contribution is 5.81. The maximum Gasteiger partial charge on any atom is 0.315 e. The third-order valence-electron chi connectivity index (χ3n) is 6.13. The van der Waals surface area contributed by atoms with Crippen molar-refractivity contribution in [3.05, 3.63) is 21.8 Å². The van der Waals surface area contributed by atoms with Gasteiger partial charge in [0.1, 0.15) is 5.76 Å². The second-order valence-electron chi connectivity index (χ2n) is 8.34. The molecule has 0 spiro atoms. The lowest BCUT2D eigenvalue weighted by Crippen LogP contribution is -2.50. The van der Waals surface area contributed by atoms with E-state index in [1.165, 1.54) is 23.9 Å². The number of nitrogens with zero attached hydrogens (tertiary/aromatic N) is 4. The summed E-state index contributed by atoms with van der Waals surface area (Å²) < 4.78 is 6.63. The second-order valence-corrected chi connectivity index (χ2v) is 8.34. The zero-order chi connectivity index (χ0) is 20.4. The molecule has 1 aliphatic carbocycles. The molecule has 158 valence electrons. The van der Waals surface area contributed by atoms with E-state index in [0.717, 1.165) is 44.5 Å². The zero-order valence-electron chi connectivity index (χ0n) is 17.2. The van der Waals surface area contributed by atoms with Gasteiger partial charge in [0.05, 0.1) is 17.7 Å². The van der Waals surface area contributed by atoms with Crippen LogP contribution in [0.3, 0.4) is 0 Å². The largest absolute Gasteiger partial charge is 0.360 e. The quantitative estimate of drug-likeness (QED) is 0.811. The van der Waals surface area contributed by atoms with Gasteiger partial charge in [0.2, 0.25) is 0 Å². The van der Waals surface area contributed by atoms with Crippen LogP contribution in [-0.2, 0) is 6.67 Å². The van der Waals surface area contributed by atoms with Crippen LogP contribution >= 0.6 is 0 Å². The molecular weight excluding hydrogens is 372 g/mol. The standard InChI is InChI=1S/C20H30N6O3/c1-13-17-14(2)29-24-18(17)19(27)26(23-13)12-25-10-8-16(9-11-25)22-20(28)21-15-6-4-3-5-7-15/h15-16H,3-12H2,1-2H3,(H2,21,22,28). The van der Waals surface area contributed by atoms with E-state index < -0.39 is 0 Å². The van der Waals surface area contributed by atoms with Gasteiger partial charge in [-0.3, -0.25) is 9.69 Å². The molecule has 29 heavy (non-hydrogen) atoms. The van der Waals surface area contributed by atoms with Crippen molar-refractivity contribution in [1.82, 2.24) is 30.5 Å². The van der Waals surface area contributed by atoms with Crippen LogP contribution in [0.15, 0.2) is 9.32 Å². The lowest BCUT2D eigenvalue weighted by atomic mass is 9.96. The molecular formula is C20H30N6O3. The van der Waals surface area contributed by atoms with Gasteiger partial charge in [0.25, 0.3) is 5.56 Å². The van der Waals surface area contributed by atoms with E-state index in [2.05, 4.69) is 25.8 Å². The van der Waals surface area contributed by atoms with Gasteiger partial charge in [-0.05, 0) is 39.5 Å². The predicted octanol–water partition coefficient (Wildman–Crippen LogP) is 2.06. The van der Waals surface area contributed by atoms with E-state index in [1.54, 1.807) is 6.92 Å². The Labute approximate surface area is 169 Å². The molecule has 2 amide bonds. The zero-order valence-corrected chi connectivity index (χ0v) is 17.2. The van der Waals surface area contributed by atoms with Crippen molar-refractivity contribution in [3.8, 4) is 0 Å². The molecule has 0 bridgehead atoms. The molecule has 0 unspecified atom stereocenters. The highest BCUT2D eigenvalue weighted by Gasteiger charge is 2.24. The van der Waals surface area contributed by atoms with Crippen LogP contribution in [0.2, 0.25) is 0 Å². The first-order valence-electron chi connectivity index (χ1n) is 10.6. The molecule has 2 N–H and O–H groups in total. The number of carbonyl (C=O) groups is 1. The number of amides is 2. The highest BCUT2D eigenvalue weighted by atomic mass is 16.5. The molecule has 3 heterocycles. The van der Waals surface area contributed by atoms with E-state index in [4.69, 9.17) is 4.52 Å². The maximum absolute atomic E-state index is 12.7. The summed E-state index contributed by atoms with van der Waals surface area (Å²) >= 11 is 0. The maximum atomic E-state index is 12.7. The van der Waals surface area contributed by atoms with Crippen molar-refractivity contribution in [3.63, 3.8) is 0 Å². The Balaban J connectivity index is 1.30. The number of aryl methyl sites for hydroxylation is 2. The SMILES string of the molecule is Cc1nn(CN2CCC(NC(=O)NC3CCCCC3)CC2)c(=O)c2noc(C)c12. The van der Waals surface area contributed by atoms with Crippen LogP contribution in [-0.4, -0.2) is 51.0 Å². The normalized spacial score (nSPS) is 19.5. The molecule has 0 radical (unpaired) electrons. The Kier molecular flexibility index (Phi) is 5.84. The number of hydrogen-bond acceptors (Lipinski definition) is 6. The molecule has 1 saturated carbocycles. The van der Waals surface area contributed by atoms with Crippen LogP contribution in [0, 0.1) is 13.8 Å². The van der Waals surface area contributed by atoms with Gasteiger partial charge in [-0.25, -0.2) is 9.48 Å². The van der Waals surface area contributed by atoms with Crippen molar-refractivity contribution < 1.29 is 9.32 Å². The fourth-order valence-corrected chi connectivity index (χ4v) is 4.51. The summed E-state index contributed by atoms with van der Waals surface area (Å²) in [6.07, 6.45) is 7.57. The minimum atomic E-state index is -0.227. The molecule has 0 aromatic carbocycles. The lowest BCUT2D eigenvalue weighted by molar-refractivity contribution is 0.149. The summed E-state index contributed by atoms with van der Waals surface area (Å²) in [5, 5.41) is 15.3. The number of urea groups is 1. The van der Waals surface area contributed by atoms with E-state index in [1.807, 2.05) is 6.92 Å². The second kappa shape index (κ2) is 8.52. The van der Waals surface area contributed by atoms with Crippen LogP contribution in [0.5, 0.6) is 0 Å². The average Bonchev–Trinajstić information content (AvgIpc) is 3.10. The molecule has 2 fully saturated rings. The molecule has 4 rings (SSSR count). The topological polar surface area (TPSA) is 105 Å². The van der Waals surface area contributed by atoms with Gasteiger partial charge in [0.15, 0.2) is 5.52 Å². The number of rotatable bonds is 4. The number of piperidine rings is 1. The van der Waals surface area contributed by atoms with Gasteiger partial charge in [0, 0.05) is 25.2 Å². The van der Waals surface area contributed by atoms with Gasteiger partial charge in [-0.2, -0.15) is 5.10 Å². The van der Waals surface area contributed by atoms with Crippen molar-refractivity contribution in [2.45, 2.75) is 77.5 Å². The summed E-state index contributed by atoms with van der Waals surface area (Å²) in [4.78, 5) is 27.1. The molecule has 9 nitrogen and oxygen atoms in total. The Morgan fingerprint density at radius 1 is 1.07 bits per heavy atom. The highest BCUT2D eigenvalue weighted by Crippen LogP contribution is 2.18. The molecule has 2 aliphatic rings. The van der Waals surface area contributed by atoms with Crippen molar-refractivity contribution in [2.75, 3.05) is 13.1 Å². The first-order valence-corrected chi connectivity index (χ1v) is 10.6. The third kappa shape index (κ3) is 4.44. The van der Waals surface area contributed by atoms with E-state index in [0.29, 0.717) is 29.4 Å². The molecule has 1 saturated heterocycles. The monoisotopic (exact) mass is 402 g/mol. The number of aromatic nitrogens is 3. The molecule has 0 atom stereocenters. The number of hydrogen-bond donors (Lipinski definition) is 2. The number of nitrogens with one attached hydrogen (secondary N) is 2. The summed E-state index contributed by atoms with van der Waals surface area (Å²) in [5.41, 5.74) is 0.856. The summed E-state index contributed by atoms with van der Waals surface area (Å²) in [6.45, 7) is 5.68. The third-order valence-corrected chi connectivity index (χ3v) is 6.13. The van der Waals surface area contributed by atoms with Crippen molar-refractivity contribution in [2.24, 2.45) is 0 Å². The molecule has 2 aromatic heterocycles. The fraction of sp³-hybridized carbons (Fsp3) is 0.700. The molecule has 2 aromatic rings. The first-order chi connectivity index (χ1) is 14.0. The van der Waals surface area contributed by atoms with E-state index >= 15 is 0 Å². The summed E-state index contributed by atoms with van der Waals surface area (Å²) in [5.74, 6) is 0.618. The van der Waals surface area contributed by atoms with Gasteiger partial charge in [-0.15, -0.1) is 0 Å². The number of carbonyl (C=O) groups excluding carboxylic acids is 1. The fourth-order valence-electron chi connectivity index (χ4n) is 4.51. The summed E-state index contributed by atoms with van der Waals surface area (Å²) in [7, 11) is 0. The average molecular weight is 402 g/mol. The van der Waals surface area contributed by atoms with Gasteiger partial charge < -0.3 is 15.2 Å². The van der Waals surface area contributed by atoms with Crippen LogP contribution < -0.4 is 16.2 Å². The van der Waals surface area contributed by atoms with Crippen LogP contribution in [0.25, 0.3) is 10.9 Å². The van der Waals surface area contributed by atoms with Gasteiger partial charge in [-0.1, -0.05) is 24.4 Å². The van der Waals surface area contributed by atoms with E-state index in [-0.39, 0.29) is 17.6 Å². The van der Waals surface area contributed by atoms with Crippen LogP contribution in [0.4, 0.5) is 4.79 Å². The molecule has 1 aliphatic heterocycles. The predicted molar refractivity (Wildman–Crippen MR) is 109 cm³/mol. The van der Waals surface area contributed by atoms with Crippen molar-refractivity contribution >= 4 is 16.9 Å². The number of fused-ring (bicyclic) bond motifs is 1. The minimum Gasteiger partial charge on any atom is -0.360 e. The Hall–Kier alpha value is -2.42. The molecule has 9 heteroatoms. The minimum absolute atomic E-state index is 0.0456. The Morgan fingerprint density at radius 3 is 2.41 bits per heavy atom. The van der Waals surface area contributed by atoms with Crippen molar-refractivity contribution in [1.29, 1.82) is 0 Å². The Bertz CT molecular complexity index is 922. The summed E-state index contributed by atoms with van der Waals surface area (Å²) in [6, 6.07) is 0.442. The smallest absolute Gasteiger partial charge is 0.315 e. The first kappa shape index (κ1) is 19.9. The Morgan fingerprint density at radius 2 is 1.72 bits per heavy atom. The van der Waals surface area contributed by atoms with Gasteiger partial charge >= 0.3 is 6.03 Å². The van der Waals surface area contributed by atoms with Crippen LogP contribution in [0.1, 0.15) is 56.4 Å². The van der Waals surface area contributed by atoms with E-state index in [9.17, 15) is 9.59 Å². The number of likely N-dealkylation sites (tertiary alicyclic amines) is 1. The lowest BCUT2D eigenvalue weighted by Gasteiger charge is -2.32.